The van der Waals surface area contributed by atoms with E-state index in [1.54, 1.807) is 37.4 Å². The SMILES string of the molecule is COc1ccc(C(=O)Nc2cnc(Nc3ccnc(F)c3)s2)cc1. The smallest absolute Gasteiger partial charge is 0.256 e. The summed E-state index contributed by atoms with van der Waals surface area (Å²) in [4.78, 5) is 19.8. The van der Waals surface area contributed by atoms with Crippen LogP contribution in [0.5, 0.6) is 5.75 Å². The molecule has 24 heavy (non-hydrogen) atoms. The van der Waals surface area contributed by atoms with Gasteiger partial charge in [0.25, 0.3) is 5.91 Å². The number of amides is 1. The van der Waals surface area contributed by atoms with Gasteiger partial charge < -0.3 is 15.4 Å². The zero-order valence-electron chi connectivity index (χ0n) is 12.6. The Hall–Kier alpha value is -3.00. The lowest BCUT2D eigenvalue weighted by molar-refractivity contribution is 0.102. The summed E-state index contributed by atoms with van der Waals surface area (Å²) < 4.78 is 18.1. The van der Waals surface area contributed by atoms with E-state index < -0.39 is 5.95 Å². The molecule has 2 heterocycles. The number of hydrogen-bond donors (Lipinski definition) is 2. The summed E-state index contributed by atoms with van der Waals surface area (Å²) in [6.07, 6.45) is 2.89. The molecule has 0 radical (unpaired) electrons. The molecule has 0 aliphatic rings. The number of nitrogens with zero attached hydrogens (tertiary/aromatic N) is 2. The van der Waals surface area contributed by atoms with Crippen molar-refractivity contribution < 1.29 is 13.9 Å². The average molecular weight is 344 g/mol. The monoisotopic (exact) mass is 344 g/mol. The minimum Gasteiger partial charge on any atom is -0.497 e. The van der Waals surface area contributed by atoms with Gasteiger partial charge in [0.1, 0.15) is 10.8 Å². The standard InChI is InChI=1S/C16H13FN4O2S/c1-23-12-4-2-10(3-5-12)15(22)21-14-9-19-16(24-14)20-11-6-7-18-13(17)8-11/h2-9H,1H3,(H,21,22)(H,18,19,20). The van der Waals surface area contributed by atoms with Crippen molar-refractivity contribution in [3.05, 3.63) is 60.3 Å². The second-order valence-corrected chi connectivity index (χ2v) is 5.74. The highest BCUT2D eigenvalue weighted by atomic mass is 32.1. The number of nitrogens with one attached hydrogen (secondary N) is 2. The lowest BCUT2D eigenvalue weighted by Gasteiger charge is -2.04. The minimum atomic E-state index is -0.579. The molecule has 0 saturated carbocycles. The predicted octanol–water partition coefficient (Wildman–Crippen LogP) is 3.68. The highest BCUT2D eigenvalue weighted by Crippen LogP contribution is 2.26. The van der Waals surface area contributed by atoms with E-state index >= 15 is 0 Å². The van der Waals surface area contributed by atoms with Crippen molar-refractivity contribution >= 4 is 33.1 Å². The first-order valence-electron chi connectivity index (χ1n) is 6.94. The average Bonchev–Trinajstić information content (AvgIpc) is 3.02. The summed E-state index contributed by atoms with van der Waals surface area (Å²) in [7, 11) is 1.57. The Balaban J connectivity index is 1.65. The van der Waals surface area contributed by atoms with E-state index in [4.69, 9.17) is 4.74 Å². The van der Waals surface area contributed by atoms with Crippen LogP contribution in [-0.2, 0) is 0 Å². The number of pyridine rings is 1. The lowest BCUT2D eigenvalue weighted by Crippen LogP contribution is -2.10. The van der Waals surface area contributed by atoms with Crippen molar-refractivity contribution in [2.75, 3.05) is 17.7 Å². The molecule has 1 amide bonds. The summed E-state index contributed by atoms with van der Waals surface area (Å²) in [5.41, 5.74) is 1.04. The summed E-state index contributed by atoms with van der Waals surface area (Å²) in [5.74, 6) is -0.146. The number of rotatable bonds is 5. The van der Waals surface area contributed by atoms with Crippen LogP contribution in [0.3, 0.4) is 0 Å². The van der Waals surface area contributed by atoms with Crippen molar-refractivity contribution in [1.29, 1.82) is 0 Å². The Morgan fingerprint density at radius 2 is 2.00 bits per heavy atom. The van der Waals surface area contributed by atoms with Gasteiger partial charge in [0.15, 0.2) is 5.13 Å². The van der Waals surface area contributed by atoms with Crippen LogP contribution in [-0.4, -0.2) is 23.0 Å². The molecule has 0 bridgehead atoms. The molecule has 0 saturated heterocycles. The molecule has 0 atom stereocenters. The number of thiazole rings is 1. The molecular formula is C16H13FN4O2S. The number of halogens is 1. The quantitative estimate of drug-likeness (QED) is 0.691. The first kappa shape index (κ1) is 15.9. The predicted molar refractivity (Wildman–Crippen MR) is 90.5 cm³/mol. The molecule has 0 aliphatic carbocycles. The van der Waals surface area contributed by atoms with E-state index in [2.05, 4.69) is 20.6 Å². The molecule has 0 unspecified atom stereocenters. The lowest BCUT2D eigenvalue weighted by atomic mass is 10.2. The van der Waals surface area contributed by atoms with E-state index in [1.165, 1.54) is 29.8 Å². The van der Waals surface area contributed by atoms with Crippen LogP contribution in [0.4, 0.5) is 20.2 Å². The van der Waals surface area contributed by atoms with Crippen LogP contribution in [0.15, 0.2) is 48.8 Å². The Labute approximate surface area is 141 Å². The van der Waals surface area contributed by atoms with Crippen LogP contribution >= 0.6 is 11.3 Å². The van der Waals surface area contributed by atoms with Gasteiger partial charge in [-0.15, -0.1) is 0 Å². The fraction of sp³-hybridized carbons (Fsp3) is 0.0625. The third-order valence-corrected chi connectivity index (χ3v) is 3.90. The minimum absolute atomic E-state index is 0.247. The second kappa shape index (κ2) is 7.05. The van der Waals surface area contributed by atoms with Gasteiger partial charge >= 0.3 is 0 Å². The summed E-state index contributed by atoms with van der Waals surface area (Å²) in [6, 6.07) is 9.67. The Morgan fingerprint density at radius 3 is 2.71 bits per heavy atom. The van der Waals surface area contributed by atoms with Gasteiger partial charge in [-0.25, -0.2) is 9.97 Å². The second-order valence-electron chi connectivity index (χ2n) is 4.70. The third-order valence-electron chi connectivity index (χ3n) is 3.07. The van der Waals surface area contributed by atoms with Crippen LogP contribution < -0.4 is 15.4 Å². The van der Waals surface area contributed by atoms with E-state index in [1.807, 2.05) is 0 Å². The van der Waals surface area contributed by atoms with Crippen molar-refractivity contribution in [3.8, 4) is 5.75 Å². The molecule has 6 nitrogen and oxygen atoms in total. The van der Waals surface area contributed by atoms with Gasteiger partial charge in [0.05, 0.1) is 13.3 Å². The number of carbonyl (C=O) groups is 1. The topological polar surface area (TPSA) is 76.1 Å². The van der Waals surface area contributed by atoms with E-state index in [0.29, 0.717) is 27.1 Å². The Morgan fingerprint density at radius 1 is 1.21 bits per heavy atom. The van der Waals surface area contributed by atoms with Gasteiger partial charge in [-0.05, 0) is 30.3 Å². The number of ether oxygens (including phenoxy) is 1. The van der Waals surface area contributed by atoms with Crippen molar-refractivity contribution in [3.63, 3.8) is 0 Å². The normalized spacial score (nSPS) is 10.2. The molecule has 3 aromatic rings. The largest absolute Gasteiger partial charge is 0.497 e. The van der Waals surface area contributed by atoms with Gasteiger partial charge in [-0.3, -0.25) is 4.79 Å². The zero-order chi connectivity index (χ0) is 16.9. The van der Waals surface area contributed by atoms with Crippen molar-refractivity contribution in [2.45, 2.75) is 0 Å². The number of hydrogen-bond acceptors (Lipinski definition) is 6. The number of methoxy groups -OCH3 is 1. The third kappa shape index (κ3) is 3.85. The maximum absolute atomic E-state index is 13.1. The molecule has 2 N–H and O–H groups in total. The molecule has 0 spiro atoms. The van der Waals surface area contributed by atoms with Gasteiger partial charge in [0, 0.05) is 23.5 Å². The number of aromatic nitrogens is 2. The molecule has 0 fully saturated rings. The highest BCUT2D eigenvalue weighted by molar-refractivity contribution is 7.19. The van der Waals surface area contributed by atoms with Crippen molar-refractivity contribution in [1.82, 2.24) is 9.97 Å². The van der Waals surface area contributed by atoms with Crippen LogP contribution in [0.2, 0.25) is 0 Å². The van der Waals surface area contributed by atoms with Crippen LogP contribution in [0, 0.1) is 5.95 Å². The first-order valence-corrected chi connectivity index (χ1v) is 7.75. The zero-order valence-corrected chi connectivity index (χ0v) is 13.4. The maximum Gasteiger partial charge on any atom is 0.256 e. The number of carbonyl (C=O) groups excluding carboxylic acids is 1. The summed E-state index contributed by atoms with van der Waals surface area (Å²) >= 11 is 1.24. The fourth-order valence-corrected chi connectivity index (χ4v) is 2.65. The Kier molecular flexibility index (Phi) is 4.66. The summed E-state index contributed by atoms with van der Waals surface area (Å²) in [6.45, 7) is 0. The first-order chi connectivity index (χ1) is 11.6. The van der Waals surface area contributed by atoms with E-state index in [0.717, 1.165) is 0 Å². The molecule has 0 aliphatic heterocycles. The van der Waals surface area contributed by atoms with Crippen LogP contribution in [0.25, 0.3) is 0 Å². The van der Waals surface area contributed by atoms with Gasteiger partial charge in [0.2, 0.25) is 5.95 Å². The van der Waals surface area contributed by atoms with Gasteiger partial charge in [-0.1, -0.05) is 11.3 Å². The molecular weight excluding hydrogens is 331 g/mol. The highest BCUT2D eigenvalue weighted by Gasteiger charge is 2.09. The molecule has 2 aromatic heterocycles. The maximum atomic E-state index is 13.1. The number of benzene rings is 1. The van der Waals surface area contributed by atoms with Crippen LogP contribution in [0.1, 0.15) is 10.4 Å². The van der Waals surface area contributed by atoms with Crippen molar-refractivity contribution in [2.24, 2.45) is 0 Å². The summed E-state index contributed by atoms with van der Waals surface area (Å²) in [5, 5.41) is 6.83. The molecule has 8 heteroatoms. The number of anilines is 3. The molecule has 3 rings (SSSR count). The fourth-order valence-electron chi connectivity index (χ4n) is 1.92. The van der Waals surface area contributed by atoms with Gasteiger partial charge in [-0.2, -0.15) is 4.39 Å². The molecule has 1 aromatic carbocycles. The van der Waals surface area contributed by atoms with E-state index in [9.17, 15) is 9.18 Å². The Bertz CT molecular complexity index is 851. The van der Waals surface area contributed by atoms with E-state index in [-0.39, 0.29) is 5.91 Å². The molecule has 122 valence electrons.